The zero-order valence-electron chi connectivity index (χ0n) is 13.4. The van der Waals surface area contributed by atoms with Gasteiger partial charge < -0.3 is 0 Å². The van der Waals surface area contributed by atoms with Crippen LogP contribution in [-0.2, 0) is 0 Å². The summed E-state index contributed by atoms with van der Waals surface area (Å²) in [5.74, 6) is 0. The zero-order valence-corrected chi connectivity index (χ0v) is 16.7. The van der Waals surface area contributed by atoms with Crippen molar-refractivity contribution in [2.24, 2.45) is 0 Å². The molecular formula is C22H10S4. The maximum absolute atomic E-state index is 2.43. The summed E-state index contributed by atoms with van der Waals surface area (Å²) in [6.45, 7) is 0. The maximum atomic E-state index is 2.43. The monoisotopic (exact) mass is 402 g/mol. The third-order valence-electron chi connectivity index (χ3n) is 5.15. The first-order valence-corrected chi connectivity index (χ1v) is 11.8. The molecule has 0 spiro atoms. The first-order chi connectivity index (χ1) is 12.8. The van der Waals surface area contributed by atoms with Gasteiger partial charge in [0.15, 0.2) is 0 Å². The molecule has 0 aliphatic carbocycles. The number of hydrogen-bond acceptors (Lipinski definition) is 4. The van der Waals surface area contributed by atoms with Crippen molar-refractivity contribution >= 4 is 105 Å². The number of fused-ring (bicyclic) bond motifs is 9. The summed E-state index contributed by atoms with van der Waals surface area (Å²) in [4.78, 5) is 0. The van der Waals surface area contributed by atoms with E-state index in [0.29, 0.717) is 0 Å². The predicted molar refractivity (Wildman–Crippen MR) is 123 cm³/mol. The van der Waals surface area contributed by atoms with E-state index in [-0.39, 0.29) is 0 Å². The van der Waals surface area contributed by atoms with Crippen LogP contribution in [0.4, 0.5) is 0 Å². The summed E-state index contributed by atoms with van der Waals surface area (Å²) in [5, 5.41) is 9.18. The summed E-state index contributed by atoms with van der Waals surface area (Å²) in [6, 6.07) is 20.6. The second kappa shape index (κ2) is 4.84. The molecule has 122 valence electrons. The van der Waals surface area contributed by atoms with Crippen molar-refractivity contribution in [2.45, 2.75) is 0 Å². The first kappa shape index (κ1) is 14.1. The molecule has 0 nitrogen and oxygen atoms in total. The Morgan fingerprint density at radius 1 is 0.500 bits per heavy atom. The van der Waals surface area contributed by atoms with Crippen LogP contribution in [0.3, 0.4) is 0 Å². The summed E-state index contributed by atoms with van der Waals surface area (Å²) < 4.78 is 9.91. The Bertz CT molecular complexity index is 1630. The first-order valence-electron chi connectivity index (χ1n) is 8.42. The molecule has 0 atom stereocenters. The van der Waals surface area contributed by atoms with Gasteiger partial charge in [-0.25, -0.2) is 0 Å². The quantitative estimate of drug-likeness (QED) is 0.238. The Labute approximate surface area is 164 Å². The lowest BCUT2D eigenvalue weighted by molar-refractivity contribution is 1.87. The molecule has 0 aliphatic rings. The fraction of sp³-hybridized carbons (Fsp3) is 0. The maximum Gasteiger partial charge on any atom is 0.0542 e. The van der Waals surface area contributed by atoms with Crippen LogP contribution in [0.2, 0.25) is 0 Å². The minimum Gasteiger partial charge on any atom is -0.144 e. The van der Waals surface area contributed by atoms with Crippen molar-refractivity contribution in [1.82, 2.24) is 0 Å². The lowest BCUT2D eigenvalue weighted by atomic mass is 10.1. The van der Waals surface area contributed by atoms with Crippen molar-refractivity contribution in [1.29, 1.82) is 0 Å². The minimum absolute atomic E-state index is 1.37. The lowest BCUT2D eigenvalue weighted by Gasteiger charge is -1.94. The average Bonchev–Trinajstić information content (AvgIpc) is 3.39. The topological polar surface area (TPSA) is 0 Å². The van der Waals surface area contributed by atoms with Crippen LogP contribution in [0.15, 0.2) is 60.0 Å². The summed E-state index contributed by atoms with van der Waals surface area (Å²) in [7, 11) is 0. The van der Waals surface area contributed by atoms with Gasteiger partial charge in [-0.2, -0.15) is 0 Å². The summed E-state index contributed by atoms with van der Waals surface area (Å²) in [5.41, 5.74) is 0. The van der Waals surface area contributed by atoms with Gasteiger partial charge in [0.25, 0.3) is 0 Å². The highest BCUT2D eigenvalue weighted by atomic mass is 32.1. The molecule has 26 heavy (non-hydrogen) atoms. The fourth-order valence-electron chi connectivity index (χ4n) is 3.93. The van der Waals surface area contributed by atoms with E-state index < -0.39 is 0 Å². The highest BCUT2D eigenvalue weighted by Crippen LogP contribution is 2.48. The Balaban J connectivity index is 1.67. The van der Waals surface area contributed by atoms with Crippen LogP contribution >= 0.6 is 45.3 Å². The van der Waals surface area contributed by atoms with Crippen molar-refractivity contribution < 1.29 is 0 Å². The molecule has 0 aliphatic heterocycles. The molecule has 0 saturated carbocycles. The normalized spacial score (nSPS) is 12.6. The molecule has 4 heterocycles. The highest BCUT2D eigenvalue weighted by molar-refractivity contribution is 7.37. The lowest BCUT2D eigenvalue weighted by Crippen LogP contribution is -1.66. The van der Waals surface area contributed by atoms with Gasteiger partial charge in [-0.1, -0.05) is 18.2 Å². The molecule has 4 heteroatoms. The molecule has 4 aromatic heterocycles. The predicted octanol–water partition coefficient (Wildman–Crippen LogP) is 8.85. The molecule has 0 bridgehead atoms. The Hall–Kier alpha value is -1.98. The van der Waals surface area contributed by atoms with Crippen LogP contribution in [0, 0.1) is 0 Å². The molecular weight excluding hydrogens is 393 g/mol. The van der Waals surface area contributed by atoms with Crippen molar-refractivity contribution in [2.75, 3.05) is 0 Å². The number of rotatable bonds is 0. The van der Waals surface area contributed by atoms with Crippen molar-refractivity contribution in [3.8, 4) is 0 Å². The number of benzene rings is 3. The second-order valence-electron chi connectivity index (χ2n) is 6.61. The highest BCUT2D eigenvalue weighted by Gasteiger charge is 2.15. The van der Waals surface area contributed by atoms with Gasteiger partial charge in [-0.15, -0.1) is 45.3 Å². The minimum atomic E-state index is 1.37. The van der Waals surface area contributed by atoms with Gasteiger partial charge in [0.2, 0.25) is 0 Å². The number of hydrogen-bond donors (Lipinski definition) is 0. The standard InChI is InChI=1S/C22H10S4/c1-2-4-16-12(3-1)13-8-15-20(10-18(13)24-16)26-21-14-7-11-5-6-23-17(11)9-19(14)25-22(15)21/h1-10H. The molecule has 0 N–H and O–H groups in total. The van der Waals surface area contributed by atoms with E-state index in [9.17, 15) is 0 Å². The van der Waals surface area contributed by atoms with Crippen LogP contribution < -0.4 is 0 Å². The van der Waals surface area contributed by atoms with Crippen molar-refractivity contribution in [3.63, 3.8) is 0 Å². The molecule has 0 saturated heterocycles. The third kappa shape index (κ3) is 1.73. The zero-order chi connectivity index (χ0) is 16.8. The van der Waals surface area contributed by atoms with Gasteiger partial charge in [0.1, 0.15) is 0 Å². The molecule has 0 fully saturated rings. The molecule has 0 unspecified atom stereocenters. The van der Waals surface area contributed by atoms with Crippen LogP contribution in [-0.4, -0.2) is 0 Å². The fourth-order valence-corrected chi connectivity index (χ4v) is 8.70. The Kier molecular flexibility index (Phi) is 2.63. The van der Waals surface area contributed by atoms with E-state index in [1.165, 1.54) is 59.8 Å². The van der Waals surface area contributed by atoms with Crippen LogP contribution in [0.25, 0.3) is 59.8 Å². The van der Waals surface area contributed by atoms with E-state index in [4.69, 9.17) is 0 Å². The summed E-state index contributed by atoms with van der Waals surface area (Å²) >= 11 is 7.65. The van der Waals surface area contributed by atoms with E-state index >= 15 is 0 Å². The molecule has 0 radical (unpaired) electrons. The smallest absolute Gasteiger partial charge is 0.0542 e. The number of thiophene rings is 4. The van der Waals surface area contributed by atoms with Crippen LogP contribution in [0.1, 0.15) is 0 Å². The van der Waals surface area contributed by atoms with E-state index in [1.54, 1.807) is 0 Å². The molecule has 3 aromatic carbocycles. The van der Waals surface area contributed by atoms with Gasteiger partial charge in [-0.05, 0) is 47.2 Å². The van der Waals surface area contributed by atoms with Gasteiger partial charge in [-0.3, -0.25) is 0 Å². The van der Waals surface area contributed by atoms with E-state index in [2.05, 4.69) is 60.0 Å². The SMILES string of the molecule is c1ccc2c(c1)sc1cc3sc4c5cc6ccsc6cc5sc4c3cc12. The molecule has 7 aromatic rings. The van der Waals surface area contributed by atoms with E-state index in [0.717, 1.165) is 0 Å². The molecule has 0 amide bonds. The Morgan fingerprint density at radius 2 is 1.23 bits per heavy atom. The van der Waals surface area contributed by atoms with E-state index in [1.807, 2.05) is 45.3 Å². The molecule has 7 rings (SSSR count). The van der Waals surface area contributed by atoms with Crippen LogP contribution in [0.5, 0.6) is 0 Å². The average molecular weight is 403 g/mol. The van der Waals surface area contributed by atoms with Gasteiger partial charge >= 0.3 is 0 Å². The van der Waals surface area contributed by atoms with Gasteiger partial charge in [0.05, 0.1) is 9.40 Å². The second-order valence-corrected chi connectivity index (χ2v) is 10.7. The summed E-state index contributed by atoms with van der Waals surface area (Å²) in [6.07, 6.45) is 0. The van der Waals surface area contributed by atoms with Gasteiger partial charge in [0, 0.05) is 45.0 Å². The third-order valence-corrected chi connectivity index (χ3v) is 9.67. The largest absolute Gasteiger partial charge is 0.144 e. The van der Waals surface area contributed by atoms with Crippen molar-refractivity contribution in [3.05, 3.63) is 60.0 Å². The Morgan fingerprint density at radius 3 is 2.12 bits per heavy atom.